The third kappa shape index (κ3) is 2.76. The molecular formula is C12H20N6. The largest absolute Gasteiger partial charge is 0.313 e. The van der Waals surface area contributed by atoms with Crippen molar-refractivity contribution in [1.82, 2.24) is 29.9 Å². The van der Waals surface area contributed by atoms with Crippen LogP contribution < -0.4 is 5.32 Å². The first-order chi connectivity index (χ1) is 8.74. The van der Waals surface area contributed by atoms with Crippen LogP contribution in [-0.2, 0) is 13.1 Å². The van der Waals surface area contributed by atoms with Gasteiger partial charge in [0.15, 0.2) is 0 Å². The van der Waals surface area contributed by atoms with Crippen LogP contribution in [0.4, 0.5) is 0 Å². The van der Waals surface area contributed by atoms with Gasteiger partial charge in [-0.05, 0) is 26.5 Å². The summed E-state index contributed by atoms with van der Waals surface area (Å²) in [6, 6.07) is 2.48. The van der Waals surface area contributed by atoms with Crippen molar-refractivity contribution in [2.75, 3.05) is 7.05 Å². The molecule has 2 rings (SSSR count). The Bertz CT molecular complexity index is 486. The van der Waals surface area contributed by atoms with E-state index in [1.807, 2.05) is 28.7 Å². The Morgan fingerprint density at radius 3 is 3.00 bits per heavy atom. The summed E-state index contributed by atoms with van der Waals surface area (Å²) in [6.07, 6.45) is 4.69. The molecule has 6 heteroatoms. The highest BCUT2D eigenvalue weighted by molar-refractivity contribution is 5.01. The average Bonchev–Trinajstić information content (AvgIpc) is 3.00. The van der Waals surface area contributed by atoms with E-state index >= 15 is 0 Å². The molecule has 0 radical (unpaired) electrons. The standard InChI is InChI=1S/C12H20N6/c1-4-10(2)17-6-5-11(16-17)8-18-12(7-13-3)14-9-15-18/h5-6,9-10,13H,4,7-8H2,1-3H3. The zero-order valence-corrected chi connectivity index (χ0v) is 11.2. The van der Waals surface area contributed by atoms with Crippen LogP contribution in [-0.4, -0.2) is 31.6 Å². The van der Waals surface area contributed by atoms with Gasteiger partial charge in [-0.1, -0.05) is 6.92 Å². The molecule has 0 fully saturated rings. The maximum atomic E-state index is 4.56. The van der Waals surface area contributed by atoms with Gasteiger partial charge in [-0.2, -0.15) is 10.2 Å². The second-order valence-electron chi connectivity index (χ2n) is 4.41. The highest BCUT2D eigenvalue weighted by atomic mass is 15.4. The third-order valence-corrected chi connectivity index (χ3v) is 3.05. The van der Waals surface area contributed by atoms with Crippen molar-refractivity contribution >= 4 is 0 Å². The van der Waals surface area contributed by atoms with E-state index in [0.717, 1.165) is 17.9 Å². The lowest BCUT2D eigenvalue weighted by molar-refractivity contribution is 0.470. The maximum Gasteiger partial charge on any atom is 0.141 e. The van der Waals surface area contributed by atoms with Gasteiger partial charge in [-0.3, -0.25) is 4.68 Å². The predicted molar refractivity (Wildman–Crippen MR) is 69.1 cm³/mol. The molecule has 18 heavy (non-hydrogen) atoms. The van der Waals surface area contributed by atoms with Crippen LogP contribution in [0.5, 0.6) is 0 Å². The van der Waals surface area contributed by atoms with Gasteiger partial charge < -0.3 is 5.32 Å². The minimum atomic E-state index is 0.436. The zero-order chi connectivity index (χ0) is 13.0. The number of rotatable bonds is 6. The molecule has 2 aromatic heterocycles. The van der Waals surface area contributed by atoms with Gasteiger partial charge in [0.05, 0.1) is 18.8 Å². The Hall–Kier alpha value is -1.69. The van der Waals surface area contributed by atoms with E-state index in [1.165, 1.54) is 0 Å². The molecule has 0 aliphatic rings. The maximum absolute atomic E-state index is 4.56. The van der Waals surface area contributed by atoms with E-state index in [2.05, 4.69) is 34.3 Å². The number of aromatic nitrogens is 5. The number of nitrogens with zero attached hydrogens (tertiary/aromatic N) is 5. The second-order valence-corrected chi connectivity index (χ2v) is 4.41. The van der Waals surface area contributed by atoms with E-state index in [0.29, 0.717) is 19.1 Å². The summed E-state index contributed by atoms with van der Waals surface area (Å²) in [5.74, 6) is 0.926. The van der Waals surface area contributed by atoms with Crippen molar-refractivity contribution in [1.29, 1.82) is 0 Å². The molecule has 0 aliphatic carbocycles. The SMILES string of the molecule is CCC(C)n1ccc(Cn2ncnc2CNC)n1. The lowest BCUT2D eigenvalue weighted by Gasteiger charge is -2.08. The normalized spacial score (nSPS) is 12.8. The first-order valence-corrected chi connectivity index (χ1v) is 6.30. The minimum Gasteiger partial charge on any atom is -0.313 e. The molecule has 98 valence electrons. The summed E-state index contributed by atoms with van der Waals surface area (Å²) in [7, 11) is 1.90. The molecule has 6 nitrogen and oxygen atoms in total. The van der Waals surface area contributed by atoms with Crippen LogP contribution in [0.3, 0.4) is 0 Å². The van der Waals surface area contributed by atoms with Crippen LogP contribution in [0, 0.1) is 0 Å². The van der Waals surface area contributed by atoms with Crippen LogP contribution in [0.15, 0.2) is 18.6 Å². The Morgan fingerprint density at radius 2 is 2.28 bits per heavy atom. The molecule has 0 bridgehead atoms. The Morgan fingerprint density at radius 1 is 1.44 bits per heavy atom. The summed E-state index contributed by atoms with van der Waals surface area (Å²) < 4.78 is 3.88. The smallest absolute Gasteiger partial charge is 0.141 e. The minimum absolute atomic E-state index is 0.436. The van der Waals surface area contributed by atoms with E-state index < -0.39 is 0 Å². The quantitative estimate of drug-likeness (QED) is 0.835. The van der Waals surface area contributed by atoms with Gasteiger partial charge in [-0.15, -0.1) is 0 Å². The number of nitrogens with one attached hydrogen (secondary N) is 1. The Balaban J connectivity index is 2.09. The van der Waals surface area contributed by atoms with Crippen molar-refractivity contribution in [2.45, 2.75) is 39.4 Å². The molecule has 0 aromatic carbocycles. The van der Waals surface area contributed by atoms with Crippen molar-refractivity contribution in [3.8, 4) is 0 Å². The summed E-state index contributed by atoms with van der Waals surface area (Å²) in [6.45, 7) is 5.71. The topological polar surface area (TPSA) is 60.6 Å². The Labute approximate surface area is 107 Å². The van der Waals surface area contributed by atoms with E-state index in [9.17, 15) is 0 Å². The molecule has 0 saturated carbocycles. The first kappa shape index (κ1) is 12.8. The molecule has 1 N–H and O–H groups in total. The lowest BCUT2D eigenvalue weighted by atomic mass is 10.3. The molecule has 2 aromatic rings. The molecule has 1 unspecified atom stereocenters. The van der Waals surface area contributed by atoms with Crippen LogP contribution in [0.1, 0.15) is 37.8 Å². The van der Waals surface area contributed by atoms with E-state index in [1.54, 1.807) is 6.33 Å². The van der Waals surface area contributed by atoms with Crippen LogP contribution in [0.25, 0.3) is 0 Å². The highest BCUT2D eigenvalue weighted by Crippen LogP contribution is 2.10. The van der Waals surface area contributed by atoms with Gasteiger partial charge in [0.1, 0.15) is 12.2 Å². The fourth-order valence-electron chi connectivity index (χ4n) is 1.76. The van der Waals surface area contributed by atoms with Crippen molar-refractivity contribution in [3.63, 3.8) is 0 Å². The molecule has 2 heterocycles. The molecule has 0 amide bonds. The summed E-state index contributed by atoms with van der Waals surface area (Å²) in [4.78, 5) is 4.21. The van der Waals surface area contributed by atoms with Crippen LogP contribution in [0.2, 0.25) is 0 Å². The van der Waals surface area contributed by atoms with Crippen LogP contribution >= 0.6 is 0 Å². The highest BCUT2D eigenvalue weighted by Gasteiger charge is 2.08. The van der Waals surface area contributed by atoms with Gasteiger partial charge in [0.25, 0.3) is 0 Å². The first-order valence-electron chi connectivity index (χ1n) is 6.30. The zero-order valence-electron chi connectivity index (χ0n) is 11.2. The van der Waals surface area contributed by atoms with E-state index in [4.69, 9.17) is 0 Å². The van der Waals surface area contributed by atoms with Crippen molar-refractivity contribution in [3.05, 3.63) is 30.1 Å². The van der Waals surface area contributed by atoms with Crippen molar-refractivity contribution in [2.24, 2.45) is 0 Å². The fraction of sp³-hybridized carbons (Fsp3) is 0.583. The Kier molecular flexibility index (Phi) is 4.09. The summed E-state index contributed by atoms with van der Waals surface area (Å²) in [5.41, 5.74) is 1.01. The molecule has 0 aliphatic heterocycles. The molecular weight excluding hydrogens is 228 g/mol. The lowest BCUT2D eigenvalue weighted by Crippen LogP contribution is -2.14. The molecule has 0 spiro atoms. The predicted octanol–water partition coefficient (Wildman–Crippen LogP) is 1.21. The second kappa shape index (κ2) is 5.77. The average molecular weight is 248 g/mol. The van der Waals surface area contributed by atoms with Gasteiger partial charge in [0.2, 0.25) is 0 Å². The molecule has 1 atom stereocenters. The van der Waals surface area contributed by atoms with E-state index in [-0.39, 0.29) is 0 Å². The van der Waals surface area contributed by atoms with Gasteiger partial charge >= 0.3 is 0 Å². The van der Waals surface area contributed by atoms with Gasteiger partial charge in [-0.25, -0.2) is 9.67 Å². The molecule has 0 saturated heterocycles. The third-order valence-electron chi connectivity index (χ3n) is 3.05. The number of hydrogen-bond acceptors (Lipinski definition) is 4. The summed E-state index contributed by atoms with van der Waals surface area (Å²) in [5, 5.41) is 11.9. The fourth-order valence-corrected chi connectivity index (χ4v) is 1.76. The monoisotopic (exact) mass is 248 g/mol. The van der Waals surface area contributed by atoms with Gasteiger partial charge in [0, 0.05) is 12.2 Å². The number of hydrogen-bond donors (Lipinski definition) is 1. The summed E-state index contributed by atoms with van der Waals surface area (Å²) >= 11 is 0. The van der Waals surface area contributed by atoms with Crippen molar-refractivity contribution < 1.29 is 0 Å².